The zero-order chi connectivity index (χ0) is 21.4. The molecule has 3 rings (SSSR count). The van der Waals surface area contributed by atoms with Crippen LogP contribution in [0.25, 0.3) is 0 Å². The quantitative estimate of drug-likeness (QED) is 0.686. The molecule has 0 spiro atoms. The minimum absolute atomic E-state index is 0.180. The smallest absolute Gasteiger partial charge is 0.243 e. The van der Waals surface area contributed by atoms with Gasteiger partial charge in [0.15, 0.2) is 0 Å². The Kier molecular flexibility index (Phi) is 6.14. The van der Waals surface area contributed by atoms with Crippen LogP contribution in [0.15, 0.2) is 64.7 Å². The number of nitrogens with zero attached hydrogens (tertiary/aromatic N) is 1. The van der Waals surface area contributed by atoms with Crippen molar-refractivity contribution >= 4 is 29.7 Å². The summed E-state index contributed by atoms with van der Waals surface area (Å²) in [5.41, 5.74) is 3.45. The first-order chi connectivity index (χ1) is 13.4. The molecular formula is C22H28ClNO3SSi. The van der Waals surface area contributed by atoms with Crippen LogP contribution in [0.5, 0.6) is 0 Å². The third kappa shape index (κ3) is 4.83. The lowest BCUT2D eigenvalue weighted by molar-refractivity contribution is 0.0403. The minimum Gasteiger partial charge on any atom is -0.381 e. The van der Waals surface area contributed by atoms with Crippen LogP contribution in [0.1, 0.15) is 17.5 Å². The van der Waals surface area contributed by atoms with Crippen molar-refractivity contribution in [2.75, 3.05) is 13.1 Å². The zero-order valence-electron chi connectivity index (χ0n) is 17.3. The van der Waals surface area contributed by atoms with Crippen molar-refractivity contribution in [1.29, 1.82) is 0 Å². The maximum absolute atomic E-state index is 13.2. The van der Waals surface area contributed by atoms with Crippen LogP contribution < -0.4 is 0 Å². The molecule has 1 heterocycles. The van der Waals surface area contributed by atoms with Gasteiger partial charge in [0.2, 0.25) is 10.0 Å². The van der Waals surface area contributed by atoms with Crippen molar-refractivity contribution in [3.8, 4) is 0 Å². The third-order valence-electron chi connectivity index (χ3n) is 5.19. The molecular weight excluding hydrogens is 422 g/mol. The van der Waals surface area contributed by atoms with Gasteiger partial charge in [-0.05, 0) is 48.7 Å². The summed E-state index contributed by atoms with van der Waals surface area (Å²) >= 11 is 6.02. The van der Waals surface area contributed by atoms with E-state index >= 15 is 0 Å². The van der Waals surface area contributed by atoms with Crippen LogP contribution in [-0.4, -0.2) is 39.0 Å². The molecule has 4 nitrogen and oxygen atoms in total. The number of hydrogen-bond donors (Lipinski definition) is 1. The number of hydrogen-bond acceptors (Lipinski definition) is 3. The van der Waals surface area contributed by atoms with E-state index in [1.165, 1.54) is 4.31 Å². The Bertz CT molecular complexity index is 1010. The molecule has 0 radical (unpaired) electrons. The number of aryl methyl sites for hydroxylation is 1. The summed E-state index contributed by atoms with van der Waals surface area (Å²) in [5.74, 6) is 0. The third-order valence-corrected chi connectivity index (χ3v) is 8.51. The number of rotatable bonds is 4. The Morgan fingerprint density at radius 2 is 1.66 bits per heavy atom. The molecule has 0 aromatic heterocycles. The number of sulfonamides is 1. The number of benzene rings is 2. The molecule has 1 aliphatic rings. The second-order valence-corrected chi connectivity index (χ2v) is 16.2. The molecule has 1 aliphatic heterocycles. The van der Waals surface area contributed by atoms with E-state index in [0.717, 1.165) is 16.7 Å². The second kappa shape index (κ2) is 8.00. The molecule has 29 heavy (non-hydrogen) atoms. The first-order valence-corrected chi connectivity index (χ1v) is 15.1. The van der Waals surface area contributed by atoms with Crippen LogP contribution in [0.4, 0.5) is 0 Å². The van der Waals surface area contributed by atoms with Crippen molar-refractivity contribution in [2.24, 2.45) is 0 Å². The Morgan fingerprint density at radius 3 is 2.21 bits per heavy atom. The predicted octanol–water partition coefficient (Wildman–Crippen LogP) is 4.73. The minimum atomic E-state index is -3.63. The maximum atomic E-state index is 13.2. The number of piperidine rings is 1. The van der Waals surface area contributed by atoms with E-state index in [1.807, 2.05) is 19.1 Å². The normalized spacial score (nSPS) is 22.8. The summed E-state index contributed by atoms with van der Waals surface area (Å²) in [5, 5.41) is 12.2. The van der Waals surface area contributed by atoms with Crippen LogP contribution in [-0.2, 0) is 15.6 Å². The van der Waals surface area contributed by atoms with Gasteiger partial charge < -0.3 is 5.11 Å². The Balaban J connectivity index is 2.01. The van der Waals surface area contributed by atoms with E-state index in [0.29, 0.717) is 11.4 Å². The Morgan fingerprint density at radius 1 is 1.07 bits per heavy atom. The fraction of sp³-hybridized carbons (Fsp3) is 0.364. The van der Waals surface area contributed by atoms with E-state index in [-0.39, 0.29) is 18.0 Å². The number of aliphatic hydroxyl groups is 1. The molecule has 0 aliphatic carbocycles. The van der Waals surface area contributed by atoms with Gasteiger partial charge in [0.25, 0.3) is 0 Å². The van der Waals surface area contributed by atoms with Crippen LogP contribution >= 0.6 is 11.6 Å². The first kappa shape index (κ1) is 22.2. The van der Waals surface area contributed by atoms with Gasteiger partial charge in [-0.25, -0.2) is 8.42 Å². The topological polar surface area (TPSA) is 57.6 Å². The van der Waals surface area contributed by atoms with Gasteiger partial charge in [-0.1, -0.05) is 66.8 Å². The van der Waals surface area contributed by atoms with Gasteiger partial charge in [0.1, 0.15) is 5.60 Å². The molecule has 1 unspecified atom stereocenters. The lowest BCUT2D eigenvalue weighted by atomic mass is 9.82. The van der Waals surface area contributed by atoms with Crippen molar-refractivity contribution in [3.63, 3.8) is 0 Å². The van der Waals surface area contributed by atoms with Gasteiger partial charge in [0, 0.05) is 18.1 Å². The van der Waals surface area contributed by atoms with Crippen LogP contribution in [0.2, 0.25) is 24.7 Å². The largest absolute Gasteiger partial charge is 0.381 e. The average Bonchev–Trinajstić information content (AvgIpc) is 2.63. The Hall–Kier alpha value is -1.44. The zero-order valence-corrected chi connectivity index (χ0v) is 19.9. The average molecular weight is 450 g/mol. The van der Waals surface area contributed by atoms with Crippen molar-refractivity contribution < 1.29 is 13.5 Å². The molecule has 2 aromatic rings. The van der Waals surface area contributed by atoms with Gasteiger partial charge >= 0.3 is 0 Å². The SMILES string of the molecule is Cc1ccc(S(=O)(=O)N2CCC(O)(c3ccc(Cl)cc3)/C(=C/[Si](C)(C)C)C2)cc1. The maximum Gasteiger partial charge on any atom is 0.243 e. The highest BCUT2D eigenvalue weighted by Crippen LogP contribution is 2.40. The van der Waals surface area contributed by atoms with Crippen LogP contribution in [0, 0.1) is 6.92 Å². The predicted molar refractivity (Wildman–Crippen MR) is 121 cm³/mol. The number of halogens is 1. The standard InChI is InChI=1S/C22H28ClNO3SSi/c1-17-5-11-21(12-6-17)28(26,27)24-14-13-22(25,18-7-9-20(23)10-8-18)19(15-24)16-29(2,3)4/h5-12,16,25H,13-15H2,1-4H3/b19-16+. The van der Waals surface area contributed by atoms with Crippen molar-refractivity contribution in [3.05, 3.63) is 76.0 Å². The second-order valence-electron chi connectivity index (χ2n) is 8.80. The summed E-state index contributed by atoms with van der Waals surface area (Å²) < 4.78 is 27.9. The molecule has 0 bridgehead atoms. The summed E-state index contributed by atoms with van der Waals surface area (Å²) in [6, 6.07) is 14.1. The summed E-state index contributed by atoms with van der Waals surface area (Å²) in [7, 11) is -5.35. The molecule has 0 saturated carbocycles. The molecule has 1 saturated heterocycles. The lowest BCUT2D eigenvalue weighted by Gasteiger charge is -2.41. The first-order valence-electron chi connectivity index (χ1n) is 9.69. The molecule has 156 valence electrons. The van der Waals surface area contributed by atoms with E-state index < -0.39 is 23.7 Å². The fourth-order valence-electron chi connectivity index (χ4n) is 3.65. The highest BCUT2D eigenvalue weighted by atomic mass is 35.5. The van der Waals surface area contributed by atoms with Crippen LogP contribution in [0.3, 0.4) is 0 Å². The Labute approximate surface area is 179 Å². The molecule has 1 fully saturated rings. The van der Waals surface area contributed by atoms with Gasteiger partial charge in [-0.3, -0.25) is 0 Å². The van der Waals surface area contributed by atoms with Gasteiger partial charge in [-0.15, -0.1) is 0 Å². The lowest BCUT2D eigenvalue weighted by Crippen LogP contribution is -2.47. The van der Waals surface area contributed by atoms with Crippen molar-refractivity contribution in [1.82, 2.24) is 4.31 Å². The monoisotopic (exact) mass is 449 g/mol. The summed E-state index contributed by atoms with van der Waals surface area (Å²) in [6.45, 7) is 8.89. The molecule has 1 atom stereocenters. The fourth-order valence-corrected chi connectivity index (χ4v) is 6.57. The van der Waals surface area contributed by atoms with E-state index in [4.69, 9.17) is 11.6 Å². The molecule has 7 heteroatoms. The molecule has 2 aromatic carbocycles. The summed E-state index contributed by atoms with van der Waals surface area (Å²) in [4.78, 5) is 0.285. The summed E-state index contributed by atoms with van der Waals surface area (Å²) in [6.07, 6.45) is 0.302. The van der Waals surface area contributed by atoms with E-state index in [9.17, 15) is 13.5 Å². The van der Waals surface area contributed by atoms with E-state index in [2.05, 4.69) is 25.3 Å². The van der Waals surface area contributed by atoms with Gasteiger partial charge in [-0.2, -0.15) is 4.31 Å². The van der Waals surface area contributed by atoms with Gasteiger partial charge in [0.05, 0.1) is 13.0 Å². The molecule has 0 amide bonds. The molecule has 1 N–H and O–H groups in total. The van der Waals surface area contributed by atoms with Crippen molar-refractivity contribution in [2.45, 2.75) is 43.5 Å². The highest BCUT2D eigenvalue weighted by Gasteiger charge is 2.42. The van der Waals surface area contributed by atoms with E-state index in [1.54, 1.807) is 36.4 Å². The highest BCUT2D eigenvalue weighted by molar-refractivity contribution is 7.89.